The van der Waals surface area contributed by atoms with Crippen LogP contribution in [0.25, 0.3) is 10.9 Å². The molecule has 1 atom stereocenters. The number of benzene rings is 1. The second-order valence-electron chi connectivity index (χ2n) is 5.33. The molecule has 1 amide bonds. The lowest BCUT2D eigenvalue weighted by Gasteiger charge is -2.22. The summed E-state index contributed by atoms with van der Waals surface area (Å²) in [5.74, 6) is -0.992. The molecule has 1 aromatic carbocycles. The molecule has 5 nitrogen and oxygen atoms in total. The van der Waals surface area contributed by atoms with Crippen LogP contribution in [0.5, 0.6) is 0 Å². The van der Waals surface area contributed by atoms with Gasteiger partial charge >= 0.3 is 6.18 Å². The third-order valence-corrected chi connectivity index (χ3v) is 3.62. The van der Waals surface area contributed by atoms with Crippen LogP contribution in [0.2, 0.25) is 0 Å². The van der Waals surface area contributed by atoms with E-state index in [1.165, 1.54) is 18.3 Å². The van der Waals surface area contributed by atoms with Crippen LogP contribution >= 0.6 is 0 Å². The zero-order chi connectivity index (χ0) is 18.0. The van der Waals surface area contributed by atoms with Crippen molar-refractivity contribution in [1.29, 1.82) is 0 Å². The van der Waals surface area contributed by atoms with Crippen LogP contribution < -0.4 is 10.9 Å². The van der Waals surface area contributed by atoms with Gasteiger partial charge in [0.05, 0.1) is 5.56 Å². The van der Waals surface area contributed by atoms with Crippen LogP contribution in [-0.2, 0) is 0 Å². The number of aromatic nitrogens is 2. The monoisotopic (exact) mass is 347 g/mol. The van der Waals surface area contributed by atoms with Gasteiger partial charge in [-0.25, -0.2) is 0 Å². The molecule has 0 bridgehead atoms. The molecule has 0 aliphatic rings. The van der Waals surface area contributed by atoms with Gasteiger partial charge in [0.2, 0.25) is 5.56 Å². The number of nitrogens with zero attached hydrogens (tertiary/aromatic N) is 1. The first-order valence-corrected chi connectivity index (χ1v) is 7.26. The summed E-state index contributed by atoms with van der Waals surface area (Å²) in [4.78, 5) is 30.3. The minimum absolute atomic E-state index is 0.127. The lowest BCUT2D eigenvalue weighted by Crippen LogP contribution is -2.38. The van der Waals surface area contributed by atoms with E-state index in [-0.39, 0.29) is 11.1 Å². The topological polar surface area (TPSA) is 74.8 Å². The Morgan fingerprint density at radius 2 is 1.92 bits per heavy atom. The number of pyridine rings is 2. The lowest BCUT2D eigenvalue weighted by atomic mass is 10.1. The molecule has 2 aromatic heterocycles. The summed E-state index contributed by atoms with van der Waals surface area (Å²) in [5, 5.41) is 2.31. The van der Waals surface area contributed by atoms with Crippen molar-refractivity contribution in [2.75, 3.05) is 0 Å². The molecule has 0 aliphatic heterocycles. The first-order chi connectivity index (χ1) is 11.9. The number of halogens is 3. The highest BCUT2D eigenvalue weighted by Crippen LogP contribution is 2.32. The number of para-hydroxylation sites is 1. The molecule has 0 aliphatic carbocycles. The van der Waals surface area contributed by atoms with E-state index < -0.39 is 23.7 Å². The average Bonchev–Trinajstić information content (AvgIpc) is 2.58. The maximum Gasteiger partial charge on any atom is 0.412 e. The van der Waals surface area contributed by atoms with Gasteiger partial charge in [-0.1, -0.05) is 24.3 Å². The van der Waals surface area contributed by atoms with Gasteiger partial charge in [-0.3, -0.25) is 14.6 Å². The van der Waals surface area contributed by atoms with E-state index in [2.05, 4.69) is 9.97 Å². The predicted molar refractivity (Wildman–Crippen MR) is 85.1 cm³/mol. The summed E-state index contributed by atoms with van der Waals surface area (Å²) in [6, 6.07) is 7.71. The van der Waals surface area contributed by atoms with E-state index >= 15 is 0 Å². The minimum atomic E-state index is -4.71. The van der Waals surface area contributed by atoms with Crippen molar-refractivity contribution in [1.82, 2.24) is 15.3 Å². The third-order valence-electron chi connectivity index (χ3n) is 3.62. The van der Waals surface area contributed by atoms with Crippen LogP contribution in [-0.4, -0.2) is 22.1 Å². The van der Waals surface area contributed by atoms with E-state index in [1.54, 1.807) is 24.3 Å². The highest BCUT2D eigenvalue weighted by Gasteiger charge is 2.42. The fourth-order valence-electron chi connectivity index (χ4n) is 2.50. The Bertz CT molecular complexity index is 968. The summed E-state index contributed by atoms with van der Waals surface area (Å²) >= 11 is 0. The number of carbonyl (C=O) groups is 1. The van der Waals surface area contributed by atoms with Crippen LogP contribution in [0, 0.1) is 0 Å². The van der Waals surface area contributed by atoms with Crippen molar-refractivity contribution < 1.29 is 18.0 Å². The van der Waals surface area contributed by atoms with Crippen LogP contribution in [0.15, 0.2) is 59.7 Å². The summed E-state index contributed by atoms with van der Waals surface area (Å²) in [7, 11) is 0. The highest BCUT2D eigenvalue weighted by molar-refractivity contribution is 6.06. The number of amides is 1. The van der Waals surface area contributed by atoms with Crippen molar-refractivity contribution >= 4 is 16.8 Å². The summed E-state index contributed by atoms with van der Waals surface area (Å²) in [5.41, 5.74) is -0.533. The quantitative estimate of drug-likeness (QED) is 0.765. The number of aromatic amines is 1. The Morgan fingerprint density at radius 3 is 2.60 bits per heavy atom. The number of carbonyl (C=O) groups excluding carboxylic acids is 1. The van der Waals surface area contributed by atoms with Crippen molar-refractivity contribution in [2.45, 2.75) is 12.2 Å². The third kappa shape index (κ3) is 3.52. The SMILES string of the molecule is O=C(N[C@@H](c1cccnc1)C(F)(F)F)c1cc(=O)[nH]c2ccccc12. The van der Waals surface area contributed by atoms with E-state index in [4.69, 9.17) is 0 Å². The Balaban J connectivity index is 2.02. The lowest BCUT2D eigenvalue weighted by molar-refractivity contribution is -0.155. The maximum absolute atomic E-state index is 13.4. The summed E-state index contributed by atoms with van der Waals surface area (Å²) < 4.78 is 40.1. The smallest absolute Gasteiger partial charge is 0.337 e. The van der Waals surface area contributed by atoms with E-state index in [9.17, 15) is 22.8 Å². The second kappa shape index (κ2) is 6.39. The van der Waals surface area contributed by atoms with Gasteiger partial charge in [0.25, 0.3) is 5.91 Å². The van der Waals surface area contributed by atoms with Crippen molar-refractivity contribution in [2.24, 2.45) is 0 Å². The molecule has 128 valence electrons. The van der Waals surface area contributed by atoms with Crippen LogP contribution in [0.4, 0.5) is 13.2 Å². The Hall–Kier alpha value is -3.16. The molecular formula is C17H12F3N3O2. The van der Waals surface area contributed by atoms with Crippen LogP contribution in [0.3, 0.4) is 0 Å². The maximum atomic E-state index is 13.4. The number of alkyl halides is 3. The summed E-state index contributed by atoms with van der Waals surface area (Å²) in [6.07, 6.45) is -2.34. The molecule has 0 spiro atoms. The van der Waals surface area contributed by atoms with Crippen molar-refractivity contribution in [3.05, 3.63) is 76.3 Å². The van der Waals surface area contributed by atoms with Crippen molar-refractivity contribution in [3.8, 4) is 0 Å². The molecule has 0 radical (unpaired) electrons. The standard InChI is InChI=1S/C17H12F3N3O2/c18-17(19,20)15(10-4-3-7-21-9-10)23-16(25)12-8-14(24)22-13-6-2-1-5-11(12)13/h1-9,15H,(H,22,24)(H,23,25)/t15-/m0/s1. The first-order valence-electron chi connectivity index (χ1n) is 7.26. The van der Waals surface area contributed by atoms with Crippen molar-refractivity contribution in [3.63, 3.8) is 0 Å². The van der Waals surface area contributed by atoms with Gasteiger partial charge < -0.3 is 10.3 Å². The zero-order valence-corrected chi connectivity index (χ0v) is 12.7. The molecule has 3 rings (SSSR count). The Labute approximate surface area is 139 Å². The largest absolute Gasteiger partial charge is 0.412 e. The predicted octanol–water partition coefficient (Wildman–Crippen LogP) is 2.96. The van der Waals surface area contributed by atoms with Gasteiger partial charge in [0, 0.05) is 34.9 Å². The zero-order valence-electron chi connectivity index (χ0n) is 12.7. The van der Waals surface area contributed by atoms with E-state index in [1.807, 2.05) is 5.32 Å². The van der Waals surface area contributed by atoms with Gasteiger partial charge in [-0.2, -0.15) is 13.2 Å². The van der Waals surface area contributed by atoms with Gasteiger partial charge in [-0.15, -0.1) is 0 Å². The Morgan fingerprint density at radius 1 is 1.16 bits per heavy atom. The number of hydrogen-bond acceptors (Lipinski definition) is 3. The molecule has 0 saturated carbocycles. The molecule has 8 heteroatoms. The highest BCUT2D eigenvalue weighted by atomic mass is 19.4. The molecule has 2 N–H and O–H groups in total. The van der Waals surface area contributed by atoms with Gasteiger partial charge in [0.1, 0.15) is 0 Å². The molecule has 0 unspecified atom stereocenters. The normalized spacial score (nSPS) is 12.8. The first kappa shape index (κ1) is 16.7. The van der Waals surface area contributed by atoms with Gasteiger partial charge in [-0.05, 0) is 12.1 Å². The second-order valence-corrected chi connectivity index (χ2v) is 5.33. The Kier molecular flexibility index (Phi) is 4.26. The van der Waals surface area contributed by atoms with E-state index in [0.717, 1.165) is 12.3 Å². The summed E-state index contributed by atoms with van der Waals surface area (Å²) in [6.45, 7) is 0. The van der Waals surface area contributed by atoms with Crippen LogP contribution in [0.1, 0.15) is 22.0 Å². The molecule has 2 heterocycles. The number of fused-ring (bicyclic) bond motifs is 1. The van der Waals surface area contributed by atoms with E-state index in [0.29, 0.717) is 10.9 Å². The molecule has 0 fully saturated rings. The fourth-order valence-corrected chi connectivity index (χ4v) is 2.50. The number of rotatable bonds is 3. The molecule has 0 saturated heterocycles. The average molecular weight is 347 g/mol. The fraction of sp³-hybridized carbons (Fsp3) is 0.118. The van der Waals surface area contributed by atoms with Gasteiger partial charge in [0.15, 0.2) is 6.04 Å². The number of nitrogens with one attached hydrogen (secondary N) is 2. The molecule has 3 aromatic rings. The number of H-pyrrole nitrogens is 1. The molecular weight excluding hydrogens is 335 g/mol. The minimum Gasteiger partial charge on any atom is -0.337 e. The molecule has 25 heavy (non-hydrogen) atoms. The number of hydrogen-bond donors (Lipinski definition) is 2.